The van der Waals surface area contributed by atoms with Gasteiger partial charge in [0.1, 0.15) is 0 Å². The highest BCUT2D eigenvalue weighted by atomic mass is 16.5. The van der Waals surface area contributed by atoms with Gasteiger partial charge in [0.2, 0.25) is 0 Å². The minimum Gasteiger partial charge on any atom is -0.450 e. The molecule has 1 amide bonds. The molecule has 3 N–H and O–H groups in total. The van der Waals surface area contributed by atoms with E-state index in [1.54, 1.807) is 6.92 Å². The van der Waals surface area contributed by atoms with Crippen molar-refractivity contribution in [1.82, 2.24) is 5.32 Å². The van der Waals surface area contributed by atoms with Gasteiger partial charge in [-0.05, 0) is 6.92 Å². The number of hydrogen-bond acceptors (Lipinski definition) is 5. The Morgan fingerprint density at radius 1 is 1.20 bits per heavy atom. The Bertz CT molecular complexity index is 155. The van der Waals surface area contributed by atoms with E-state index in [1.165, 1.54) is 0 Å². The van der Waals surface area contributed by atoms with Gasteiger partial charge in [0.15, 0.2) is 0 Å². The van der Waals surface area contributed by atoms with Gasteiger partial charge in [0.05, 0.1) is 33.0 Å². The van der Waals surface area contributed by atoms with Crippen LogP contribution in [-0.4, -0.2) is 52.2 Å². The highest BCUT2D eigenvalue weighted by Crippen LogP contribution is 1.79. The maximum absolute atomic E-state index is 10.8. The van der Waals surface area contributed by atoms with Gasteiger partial charge in [0, 0.05) is 13.1 Å². The first-order chi connectivity index (χ1) is 7.31. The van der Waals surface area contributed by atoms with E-state index in [1.807, 2.05) is 0 Å². The average molecular weight is 220 g/mol. The monoisotopic (exact) mass is 220 g/mol. The first-order valence-electron chi connectivity index (χ1n) is 5.07. The molecular weight excluding hydrogens is 200 g/mol. The highest BCUT2D eigenvalue weighted by molar-refractivity contribution is 5.66. The summed E-state index contributed by atoms with van der Waals surface area (Å²) in [5.74, 6) is 0. The lowest BCUT2D eigenvalue weighted by atomic mass is 10.6. The third-order valence-electron chi connectivity index (χ3n) is 1.43. The van der Waals surface area contributed by atoms with Crippen LogP contribution in [0.3, 0.4) is 0 Å². The Kier molecular flexibility index (Phi) is 10.6. The lowest BCUT2D eigenvalue weighted by molar-refractivity contribution is 0.0513. The highest BCUT2D eigenvalue weighted by Gasteiger charge is 1.97. The van der Waals surface area contributed by atoms with Crippen molar-refractivity contribution in [3.8, 4) is 0 Å². The van der Waals surface area contributed by atoms with Gasteiger partial charge < -0.3 is 25.3 Å². The number of carbonyl (C=O) groups is 1. The Morgan fingerprint density at radius 3 is 2.47 bits per heavy atom. The first-order valence-corrected chi connectivity index (χ1v) is 5.07. The van der Waals surface area contributed by atoms with E-state index in [2.05, 4.69) is 10.1 Å². The van der Waals surface area contributed by atoms with Gasteiger partial charge in [-0.3, -0.25) is 0 Å². The van der Waals surface area contributed by atoms with Gasteiger partial charge in [-0.25, -0.2) is 4.79 Å². The van der Waals surface area contributed by atoms with Gasteiger partial charge >= 0.3 is 6.09 Å². The molecule has 0 aliphatic heterocycles. The molecule has 0 rings (SSSR count). The van der Waals surface area contributed by atoms with Gasteiger partial charge in [-0.15, -0.1) is 0 Å². The molecule has 0 heterocycles. The van der Waals surface area contributed by atoms with Crippen molar-refractivity contribution >= 4 is 6.09 Å². The molecule has 6 nitrogen and oxygen atoms in total. The maximum atomic E-state index is 10.8. The number of nitrogens with two attached hydrogens (primary N) is 1. The van der Waals surface area contributed by atoms with Crippen LogP contribution in [0.25, 0.3) is 0 Å². The number of amides is 1. The van der Waals surface area contributed by atoms with Crippen LogP contribution in [0.2, 0.25) is 0 Å². The molecular formula is C9H20N2O4. The van der Waals surface area contributed by atoms with Crippen molar-refractivity contribution < 1.29 is 19.0 Å². The summed E-state index contributed by atoms with van der Waals surface area (Å²) in [6.07, 6.45) is -0.416. The van der Waals surface area contributed by atoms with Crippen molar-refractivity contribution in [1.29, 1.82) is 0 Å². The molecule has 0 fully saturated rings. The third-order valence-corrected chi connectivity index (χ3v) is 1.43. The summed E-state index contributed by atoms with van der Waals surface area (Å²) in [5, 5.41) is 2.54. The summed E-state index contributed by atoms with van der Waals surface area (Å²) in [6, 6.07) is 0. The average Bonchev–Trinajstić information content (AvgIpc) is 2.22. The zero-order valence-corrected chi connectivity index (χ0v) is 9.16. The molecule has 0 aliphatic carbocycles. The zero-order chi connectivity index (χ0) is 11.4. The lowest BCUT2D eigenvalue weighted by Gasteiger charge is -2.06. The van der Waals surface area contributed by atoms with Crippen LogP contribution in [-0.2, 0) is 14.2 Å². The van der Waals surface area contributed by atoms with Crippen molar-refractivity contribution in [3.05, 3.63) is 0 Å². The number of carbonyl (C=O) groups excluding carboxylic acids is 1. The van der Waals surface area contributed by atoms with Crippen molar-refractivity contribution in [3.63, 3.8) is 0 Å². The molecule has 6 heteroatoms. The summed E-state index contributed by atoms with van der Waals surface area (Å²) >= 11 is 0. The number of alkyl carbamates (subject to hydrolysis) is 1. The van der Waals surface area contributed by atoms with E-state index in [4.69, 9.17) is 15.2 Å². The number of nitrogens with one attached hydrogen (secondary N) is 1. The van der Waals surface area contributed by atoms with Crippen LogP contribution in [0, 0.1) is 0 Å². The van der Waals surface area contributed by atoms with Crippen LogP contribution in [0.1, 0.15) is 6.92 Å². The van der Waals surface area contributed by atoms with Gasteiger partial charge in [-0.1, -0.05) is 0 Å². The first kappa shape index (κ1) is 14.2. The number of hydrogen-bond donors (Lipinski definition) is 2. The van der Waals surface area contributed by atoms with E-state index in [-0.39, 0.29) is 0 Å². The second-order valence-corrected chi connectivity index (χ2v) is 2.66. The second kappa shape index (κ2) is 11.2. The summed E-state index contributed by atoms with van der Waals surface area (Å²) in [7, 11) is 0. The fraction of sp³-hybridized carbons (Fsp3) is 0.889. The van der Waals surface area contributed by atoms with Crippen LogP contribution < -0.4 is 11.1 Å². The number of ether oxygens (including phenoxy) is 3. The molecule has 0 aromatic heterocycles. The molecule has 15 heavy (non-hydrogen) atoms. The topological polar surface area (TPSA) is 82.8 Å². The van der Waals surface area contributed by atoms with E-state index in [0.717, 1.165) is 0 Å². The largest absolute Gasteiger partial charge is 0.450 e. The normalized spacial score (nSPS) is 10.0. The van der Waals surface area contributed by atoms with Crippen LogP contribution >= 0.6 is 0 Å². The molecule has 0 unspecified atom stereocenters. The Hall–Kier alpha value is -0.850. The molecule has 0 saturated carbocycles. The van der Waals surface area contributed by atoms with Crippen molar-refractivity contribution in [2.45, 2.75) is 6.92 Å². The minimum atomic E-state index is -0.416. The minimum absolute atomic E-state index is 0.375. The summed E-state index contributed by atoms with van der Waals surface area (Å²) in [5.41, 5.74) is 5.23. The zero-order valence-electron chi connectivity index (χ0n) is 9.16. The Morgan fingerprint density at radius 2 is 1.87 bits per heavy atom. The summed E-state index contributed by atoms with van der Waals surface area (Å²) in [4.78, 5) is 10.8. The Labute approximate surface area is 90.1 Å². The van der Waals surface area contributed by atoms with E-state index in [0.29, 0.717) is 46.1 Å². The second-order valence-electron chi connectivity index (χ2n) is 2.66. The molecule has 0 bridgehead atoms. The SMILES string of the molecule is CCOC(=O)NCCOCCOCCN. The maximum Gasteiger partial charge on any atom is 0.407 e. The standard InChI is InChI=1S/C9H20N2O4/c1-2-15-9(12)11-4-6-14-8-7-13-5-3-10/h2-8,10H2,1H3,(H,11,12). The van der Waals surface area contributed by atoms with E-state index in [9.17, 15) is 4.79 Å². The molecule has 0 radical (unpaired) electrons. The quantitative estimate of drug-likeness (QED) is 0.522. The predicted octanol–water partition coefficient (Wildman–Crippen LogP) is -0.276. The fourth-order valence-corrected chi connectivity index (χ4v) is 0.813. The van der Waals surface area contributed by atoms with Crippen molar-refractivity contribution in [2.24, 2.45) is 5.73 Å². The lowest BCUT2D eigenvalue weighted by Crippen LogP contribution is -2.28. The van der Waals surface area contributed by atoms with E-state index < -0.39 is 6.09 Å². The third kappa shape index (κ3) is 11.1. The van der Waals surface area contributed by atoms with Gasteiger partial charge in [-0.2, -0.15) is 0 Å². The smallest absolute Gasteiger partial charge is 0.407 e. The van der Waals surface area contributed by atoms with Crippen LogP contribution in [0.5, 0.6) is 0 Å². The summed E-state index contributed by atoms with van der Waals surface area (Å²) in [6.45, 7) is 5.11. The number of rotatable bonds is 9. The molecule has 0 spiro atoms. The molecule has 0 aromatic carbocycles. The van der Waals surface area contributed by atoms with E-state index >= 15 is 0 Å². The molecule has 0 aromatic rings. The van der Waals surface area contributed by atoms with Crippen LogP contribution in [0.4, 0.5) is 4.79 Å². The Balaban J connectivity index is 3.01. The molecule has 0 atom stereocenters. The molecule has 90 valence electrons. The predicted molar refractivity (Wildman–Crippen MR) is 55.7 cm³/mol. The fourth-order valence-electron chi connectivity index (χ4n) is 0.813. The summed E-state index contributed by atoms with van der Waals surface area (Å²) < 4.78 is 14.9. The molecule has 0 saturated heterocycles. The molecule has 0 aliphatic rings. The van der Waals surface area contributed by atoms with Crippen molar-refractivity contribution in [2.75, 3.05) is 46.1 Å². The van der Waals surface area contributed by atoms with Crippen LogP contribution in [0.15, 0.2) is 0 Å². The van der Waals surface area contributed by atoms with Gasteiger partial charge in [0.25, 0.3) is 0 Å².